The fourth-order valence-electron chi connectivity index (χ4n) is 5.20. The summed E-state index contributed by atoms with van der Waals surface area (Å²) in [5.74, 6) is -0.829. The lowest BCUT2D eigenvalue weighted by Crippen LogP contribution is -2.47. The van der Waals surface area contributed by atoms with Crippen molar-refractivity contribution in [3.05, 3.63) is 75.5 Å². The highest BCUT2D eigenvalue weighted by atomic mass is 19.1. The molecule has 2 aliphatic rings. The molecule has 6 nitrogen and oxygen atoms in total. The van der Waals surface area contributed by atoms with Gasteiger partial charge in [0, 0.05) is 56.9 Å². The number of amides is 1. The second-order valence-electron chi connectivity index (χ2n) is 8.56. The van der Waals surface area contributed by atoms with E-state index in [1.807, 2.05) is 36.1 Å². The smallest absolute Gasteiger partial charge is 0.258 e. The largest absolute Gasteiger partial charge is 0.396 e. The summed E-state index contributed by atoms with van der Waals surface area (Å²) in [4.78, 5) is 29.7. The highest BCUT2D eigenvalue weighted by molar-refractivity contribution is 5.82. The Morgan fingerprint density at radius 1 is 1.29 bits per heavy atom. The summed E-state index contributed by atoms with van der Waals surface area (Å²) in [6.45, 7) is 2.51. The molecule has 0 unspecified atom stereocenters. The molecule has 0 radical (unpaired) electrons. The van der Waals surface area contributed by atoms with Gasteiger partial charge in [-0.2, -0.15) is 0 Å². The fourth-order valence-corrected chi connectivity index (χ4v) is 5.20. The molecule has 0 spiro atoms. The molecule has 1 saturated heterocycles. The zero-order chi connectivity index (χ0) is 22.3. The maximum atomic E-state index is 13.9. The number of allylic oxidation sites excluding steroid dienone is 1. The summed E-state index contributed by atoms with van der Waals surface area (Å²) in [7, 11) is 3.40. The van der Waals surface area contributed by atoms with Gasteiger partial charge in [0.05, 0.1) is 12.1 Å². The monoisotopic (exact) mass is 425 g/mol. The van der Waals surface area contributed by atoms with Crippen molar-refractivity contribution >= 4 is 12.0 Å². The SMILES string of the molecule is C/C=C\c1ccc2n(c1=O)C[C@@H]1[C@@H](CO)[C@H](C(=O)N(C)C)N(Cc3cccc(F)c3)[C@H]21. The Morgan fingerprint density at radius 3 is 2.71 bits per heavy atom. The van der Waals surface area contributed by atoms with Crippen molar-refractivity contribution in [2.75, 3.05) is 20.7 Å². The number of likely N-dealkylation sites (tertiary alicyclic amines) is 1. The van der Waals surface area contributed by atoms with Crippen molar-refractivity contribution in [3.8, 4) is 0 Å². The molecule has 1 fully saturated rings. The molecule has 4 rings (SSSR count). The zero-order valence-corrected chi connectivity index (χ0v) is 18.0. The van der Waals surface area contributed by atoms with Crippen LogP contribution in [-0.4, -0.2) is 52.1 Å². The van der Waals surface area contributed by atoms with E-state index in [2.05, 4.69) is 0 Å². The number of likely N-dealkylation sites (N-methyl/N-ethyl adjacent to an activating group) is 1. The Hall–Kier alpha value is -2.77. The van der Waals surface area contributed by atoms with Crippen LogP contribution in [0.5, 0.6) is 0 Å². The Kier molecular flexibility index (Phi) is 5.81. The third-order valence-electron chi connectivity index (χ3n) is 6.51. The Bertz CT molecular complexity index is 1080. The molecule has 1 N–H and O–H groups in total. The molecule has 1 aromatic carbocycles. The predicted molar refractivity (Wildman–Crippen MR) is 117 cm³/mol. The topological polar surface area (TPSA) is 65.8 Å². The van der Waals surface area contributed by atoms with E-state index in [1.165, 1.54) is 17.0 Å². The van der Waals surface area contributed by atoms with Gasteiger partial charge in [0.1, 0.15) is 5.82 Å². The van der Waals surface area contributed by atoms with Crippen LogP contribution in [0.25, 0.3) is 6.08 Å². The molecule has 1 amide bonds. The summed E-state index contributed by atoms with van der Waals surface area (Å²) >= 11 is 0. The van der Waals surface area contributed by atoms with Crippen LogP contribution in [0.4, 0.5) is 4.39 Å². The molecule has 3 heterocycles. The highest BCUT2D eigenvalue weighted by Gasteiger charge is 2.55. The fraction of sp³-hybridized carbons (Fsp3) is 0.417. The minimum Gasteiger partial charge on any atom is -0.396 e. The van der Waals surface area contributed by atoms with E-state index < -0.39 is 6.04 Å². The molecule has 0 saturated carbocycles. The maximum Gasteiger partial charge on any atom is 0.258 e. The molecule has 2 aliphatic heterocycles. The number of carbonyl (C=O) groups excluding carboxylic acids is 1. The first-order valence-corrected chi connectivity index (χ1v) is 10.6. The van der Waals surface area contributed by atoms with Gasteiger partial charge in [-0.15, -0.1) is 0 Å². The van der Waals surface area contributed by atoms with Gasteiger partial charge in [-0.25, -0.2) is 4.39 Å². The number of pyridine rings is 1. The van der Waals surface area contributed by atoms with Crippen LogP contribution < -0.4 is 5.56 Å². The molecular weight excluding hydrogens is 397 g/mol. The van der Waals surface area contributed by atoms with Gasteiger partial charge in [-0.3, -0.25) is 14.5 Å². The Labute approximate surface area is 181 Å². The number of aliphatic hydroxyl groups excluding tert-OH is 1. The third-order valence-corrected chi connectivity index (χ3v) is 6.51. The van der Waals surface area contributed by atoms with Crippen molar-refractivity contribution in [2.45, 2.75) is 32.1 Å². The van der Waals surface area contributed by atoms with Crippen molar-refractivity contribution in [1.29, 1.82) is 0 Å². The average molecular weight is 426 g/mol. The molecule has 0 bridgehead atoms. The van der Waals surface area contributed by atoms with E-state index in [9.17, 15) is 19.1 Å². The maximum absolute atomic E-state index is 13.9. The molecule has 2 aromatic rings. The predicted octanol–water partition coefficient (Wildman–Crippen LogP) is 2.27. The Balaban J connectivity index is 1.82. The molecule has 164 valence electrons. The van der Waals surface area contributed by atoms with E-state index in [1.54, 1.807) is 30.8 Å². The number of carbonyl (C=O) groups is 1. The Morgan fingerprint density at radius 2 is 2.06 bits per heavy atom. The van der Waals surface area contributed by atoms with Crippen LogP contribution in [-0.2, 0) is 17.9 Å². The van der Waals surface area contributed by atoms with Crippen molar-refractivity contribution in [3.63, 3.8) is 0 Å². The summed E-state index contributed by atoms with van der Waals surface area (Å²) in [5, 5.41) is 10.3. The first kappa shape index (κ1) is 21.5. The second-order valence-corrected chi connectivity index (χ2v) is 8.56. The van der Waals surface area contributed by atoms with Gasteiger partial charge < -0.3 is 14.6 Å². The van der Waals surface area contributed by atoms with E-state index in [-0.39, 0.29) is 41.8 Å². The molecular formula is C24H28FN3O3. The van der Waals surface area contributed by atoms with Gasteiger partial charge in [0.15, 0.2) is 0 Å². The number of hydrogen-bond acceptors (Lipinski definition) is 4. The van der Waals surface area contributed by atoms with Gasteiger partial charge in [0.2, 0.25) is 5.91 Å². The average Bonchev–Trinajstić information content (AvgIpc) is 3.25. The van der Waals surface area contributed by atoms with Gasteiger partial charge >= 0.3 is 0 Å². The first-order valence-electron chi connectivity index (χ1n) is 10.6. The van der Waals surface area contributed by atoms with Gasteiger partial charge in [-0.1, -0.05) is 24.3 Å². The van der Waals surface area contributed by atoms with Crippen LogP contribution in [0.15, 0.2) is 47.3 Å². The van der Waals surface area contributed by atoms with Crippen LogP contribution in [0, 0.1) is 17.7 Å². The number of nitrogens with zero attached hydrogens (tertiary/aromatic N) is 3. The number of fused-ring (bicyclic) bond motifs is 3. The van der Waals surface area contributed by atoms with Crippen molar-refractivity contribution in [2.24, 2.45) is 11.8 Å². The number of aromatic nitrogens is 1. The number of rotatable bonds is 5. The summed E-state index contributed by atoms with van der Waals surface area (Å²) < 4.78 is 15.6. The number of hydrogen-bond donors (Lipinski definition) is 1. The molecule has 0 aliphatic carbocycles. The highest BCUT2D eigenvalue weighted by Crippen LogP contribution is 2.50. The quantitative estimate of drug-likeness (QED) is 0.798. The van der Waals surface area contributed by atoms with E-state index in [0.29, 0.717) is 18.7 Å². The molecule has 1 aromatic heterocycles. The van der Waals surface area contributed by atoms with Crippen LogP contribution in [0.3, 0.4) is 0 Å². The molecule has 31 heavy (non-hydrogen) atoms. The molecule has 7 heteroatoms. The first-order chi connectivity index (χ1) is 14.9. The normalized spacial score (nSPS) is 25.1. The van der Waals surface area contributed by atoms with E-state index >= 15 is 0 Å². The lowest BCUT2D eigenvalue weighted by Gasteiger charge is -2.32. The lowest BCUT2D eigenvalue weighted by molar-refractivity contribution is -0.136. The number of halogens is 1. The van der Waals surface area contributed by atoms with Crippen molar-refractivity contribution < 1.29 is 14.3 Å². The number of benzene rings is 1. The van der Waals surface area contributed by atoms with Gasteiger partial charge in [0.25, 0.3) is 5.56 Å². The lowest BCUT2D eigenvalue weighted by atomic mass is 9.88. The number of aliphatic hydroxyl groups is 1. The van der Waals surface area contributed by atoms with E-state index in [0.717, 1.165) is 11.3 Å². The summed E-state index contributed by atoms with van der Waals surface area (Å²) in [6.07, 6.45) is 3.62. The zero-order valence-electron chi connectivity index (χ0n) is 18.0. The minimum absolute atomic E-state index is 0.0668. The van der Waals surface area contributed by atoms with Crippen molar-refractivity contribution in [1.82, 2.24) is 14.4 Å². The standard InChI is InChI=1S/C24H28FN3O3/c1-4-6-16-9-10-20-21-18(13-27(20)23(16)30)19(14-29)22(24(31)26(2)3)28(21)12-15-7-5-8-17(25)11-15/h4-11,18-19,21-22,29H,12-14H2,1-3H3/b6-4-/t18-,19-,21+,22-/m1/s1. The van der Waals surface area contributed by atoms with E-state index in [4.69, 9.17) is 0 Å². The van der Waals surface area contributed by atoms with Crippen LogP contribution >= 0.6 is 0 Å². The second kappa shape index (κ2) is 8.40. The van der Waals surface area contributed by atoms with Crippen LogP contribution in [0.1, 0.15) is 29.8 Å². The molecule has 4 atom stereocenters. The minimum atomic E-state index is -0.544. The van der Waals surface area contributed by atoms with Crippen LogP contribution in [0.2, 0.25) is 0 Å². The summed E-state index contributed by atoms with van der Waals surface area (Å²) in [5.41, 5.74) is 2.14. The third kappa shape index (κ3) is 3.62. The van der Waals surface area contributed by atoms with Gasteiger partial charge in [-0.05, 0) is 36.8 Å². The summed E-state index contributed by atoms with van der Waals surface area (Å²) in [6, 6.07) is 9.35.